The summed E-state index contributed by atoms with van der Waals surface area (Å²) >= 11 is 7.50. The van der Waals surface area contributed by atoms with Crippen LogP contribution in [-0.2, 0) is 11.9 Å². The van der Waals surface area contributed by atoms with Crippen molar-refractivity contribution in [3.63, 3.8) is 0 Å². The summed E-state index contributed by atoms with van der Waals surface area (Å²) in [5, 5.41) is 4.34. The van der Waals surface area contributed by atoms with Gasteiger partial charge in [0, 0.05) is 26.8 Å². The molecule has 0 spiro atoms. The number of benzene rings is 3. The molecule has 30 heavy (non-hydrogen) atoms. The molecule has 8 heteroatoms. The summed E-state index contributed by atoms with van der Waals surface area (Å²) in [6.45, 7) is 0. The number of hydrogen-bond donors (Lipinski definition) is 1. The summed E-state index contributed by atoms with van der Waals surface area (Å²) in [5.41, 5.74) is 2.69. The first-order valence-corrected chi connectivity index (χ1v) is 10.2. The van der Waals surface area contributed by atoms with Gasteiger partial charge in [-0.25, -0.2) is 5.43 Å². The topological polar surface area (TPSA) is 41.5 Å². The number of hydrogen-bond acceptors (Lipinski definition) is 3. The highest BCUT2D eigenvalue weighted by Gasteiger charge is 2.32. The number of amides is 1. The lowest BCUT2D eigenvalue weighted by molar-refractivity contribution is -0.137. The molecular formula is C22H16ClF3N2OS. The Balaban J connectivity index is 1.57. The van der Waals surface area contributed by atoms with Gasteiger partial charge in [-0.2, -0.15) is 18.3 Å². The van der Waals surface area contributed by atoms with Crippen molar-refractivity contribution in [3.8, 4) is 0 Å². The van der Waals surface area contributed by atoms with Gasteiger partial charge in [-0.1, -0.05) is 41.9 Å². The maximum atomic E-state index is 13.0. The maximum absolute atomic E-state index is 13.0. The summed E-state index contributed by atoms with van der Waals surface area (Å²) in [7, 11) is 0. The fourth-order valence-electron chi connectivity index (χ4n) is 2.54. The molecule has 0 atom stereocenters. The first kappa shape index (κ1) is 21.9. The normalized spacial score (nSPS) is 11.6. The van der Waals surface area contributed by atoms with Crippen LogP contribution in [0.25, 0.3) is 0 Å². The maximum Gasteiger partial charge on any atom is 0.417 e. The third-order valence-electron chi connectivity index (χ3n) is 4.07. The van der Waals surface area contributed by atoms with E-state index in [1.807, 2.05) is 36.4 Å². The van der Waals surface area contributed by atoms with Gasteiger partial charge in [0.25, 0.3) is 5.91 Å². The Labute approximate surface area is 181 Å². The average Bonchev–Trinajstić information content (AvgIpc) is 2.73. The zero-order valence-electron chi connectivity index (χ0n) is 15.5. The molecule has 0 unspecified atom stereocenters. The molecule has 0 aliphatic heterocycles. The number of hydrazone groups is 1. The van der Waals surface area contributed by atoms with Crippen molar-refractivity contribution in [1.82, 2.24) is 5.43 Å². The van der Waals surface area contributed by atoms with Crippen molar-refractivity contribution < 1.29 is 18.0 Å². The Morgan fingerprint density at radius 3 is 2.33 bits per heavy atom. The second-order valence-electron chi connectivity index (χ2n) is 6.22. The van der Waals surface area contributed by atoms with Crippen LogP contribution in [0.2, 0.25) is 5.02 Å². The van der Waals surface area contributed by atoms with E-state index < -0.39 is 17.6 Å². The molecule has 0 radical (unpaired) electrons. The highest BCUT2D eigenvalue weighted by atomic mass is 35.5. The number of nitrogens with one attached hydrogen (secondary N) is 1. The molecule has 3 nitrogen and oxygen atoms in total. The first-order chi connectivity index (χ1) is 14.3. The molecule has 0 aliphatic rings. The number of halogens is 4. The van der Waals surface area contributed by atoms with Crippen LogP contribution >= 0.6 is 23.4 Å². The second-order valence-corrected chi connectivity index (χ2v) is 7.71. The Morgan fingerprint density at radius 1 is 1.00 bits per heavy atom. The van der Waals surface area contributed by atoms with E-state index in [0.717, 1.165) is 28.5 Å². The van der Waals surface area contributed by atoms with Gasteiger partial charge in [-0.3, -0.25) is 4.79 Å². The molecule has 1 amide bonds. The number of rotatable bonds is 6. The van der Waals surface area contributed by atoms with Crippen LogP contribution in [0.3, 0.4) is 0 Å². The van der Waals surface area contributed by atoms with Crippen molar-refractivity contribution in [3.05, 3.63) is 100 Å². The van der Waals surface area contributed by atoms with Crippen molar-refractivity contribution in [2.45, 2.75) is 16.8 Å². The summed E-state index contributed by atoms with van der Waals surface area (Å²) < 4.78 is 38.9. The predicted octanol–water partition coefficient (Wildman–Crippen LogP) is 6.42. The number of thioether (sulfide) groups is 1. The van der Waals surface area contributed by atoms with E-state index in [2.05, 4.69) is 10.5 Å². The summed E-state index contributed by atoms with van der Waals surface area (Å²) in [4.78, 5) is 13.3. The fraction of sp³-hybridized carbons (Fsp3) is 0.0909. The number of carbonyl (C=O) groups is 1. The van der Waals surface area contributed by atoms with Gasteiger partial charge < -0.3 is 0 Å². The second kappa shape index (κ2) is 9.82. The molecule has 0 saturated heterocycles. The van der Waals surface area contributed by atoms with E-state index >= 15 is 0 Å². The van der Waals surface area contributed by atoms with Crippen LogP contribution in [0.15, 0.2) is 82.8 Å². The summed E-state index contributed by atoms with van der Waals surface area (Å²) in [6.07, 6.45) is -3.51. The molecule has 0 aliphatic carbocycles. The van der Waals surface area contributed by atoms with E-state index in [1.54, 1.807) is 23.9 Å². The third-order valence-corrected chi connectivity index (χ3v) is 5.41. The Hall–Kier alpha value is -2.77. The lowest BCUT2D eigenvalue weighted by Gasteiger charge is -2.09. The number of carbonyl (C=O) groups excluding carboxylic acids is 1. The standard InChI is InChI=1S/C22H16ClF3N2OS/c23-18-9-11-19(12-10-18)30-14-15-5-7-16(8-6-15)21(29)28-27-13-17-3-1-2-4-20(17)22(24,25)26/h1-13H,14H2,(H,28,29)/b27-13+. The van der Waals surface area contributed by atoms with E-state index in [9.17, 15) is 18.0 Å². The Kier molecular flexibility index (Phi) is 7.18. The van der Waals surface area contributed by atoms with Gasteiger partial charge in [0.05, 0.1) is 11.8 Å². The minimum absolute atomic E-state index is 0.125. The number of nitrogens with zero attached hydrogens (tertiary/aromatic N) is 1. The summed E-state index contributed by atoms with van der Waals surface area (Å²) in [6, 6.07) is 19.5. The molecule has 3 aromatic carbocycles. The van der Waals surface area contributed by atoms with Crippen LogP contribution in [-0.4, -0.2) is 12.1 Å². The molecular weight excluding hydrogens is 433 g/mol. The minimum atomic E-state index is -4.49. The van der Waals surface area contributed by atoms with Crippen LogP contribution in [0, 0.1) is 0 Å². The largest absolute Gasteiger partial charge is 0.417 e. The Bertz CT molecular complexity index is 1040. The van der Waals surface area contributed by atoms with Crippen LogP contribution in [0.5, 0.6) is 0 Å². The van der Waals surface area contributed by atoms with Crippen molar-refractivity contribution in [1.29, 1.82) is 0 Å². The molecule has 0 heterocycles. The zero-order chi connectivity index (χ0) is 21.6. The predicted molar refractivity (Wildman–Crippen MR) is 114 cm³/mol. The molecule has 0 fully saturated rings. The molecule has 1 N–H and O–H groups in total. The molecule has 0 bridgehead atoms. The number of alkyl halides is 3. The zero-order valence-corrected chi connectivity index (χ0v) is 17.1. The molecule has 154 valence electrons. The first-order valence-electron chi connectivity index (χ1n) is 8.80. The van der Waals surface area contributed by atoms with Crippen molar-refractivity contribution >= 4 is 35.5 Å². The molecule has 3 rings (SSSR count). The highest BCUT2D eigenvalue weighted by Crippen LogP contribution is 2.31. The minimum Gasteiger partial charge on any atom is -0.267 e. The van der Waals surface area contributed by atoms with E-state index in [0.29, 0.717) is 10.6 Å². The SMILES string of the molecule is O=C(N/N=C/c1ccccc1C(F)(F)F)c1ccc(CSc2ccc(Cl)cc2)cc1. The van der Waals surface area contributed by atoms with Gasteiger partial charge in [0.15, 0.2) is 0 Å². The van der Waals surface area contributed by atoms with Gasteiger partial charge in [0.1, 0.15) is 0 Å². The molecule has 0 aromatic heterocycles. The van der Waals surface area contributed by atoms with E-state index in [-0.39, 0.29) is 5.56 Å². The Morgan fingerprint density at radius 2 is 1.67 bits per heavy atom. The van der Waals surface area contributed by atoms with Gasteiger partial charge in [-0.15, -0.1) is 11.8 Å². The van der Waals surface area contributed by atoms with Crippen LogP contribution in [0.4, 0.5) is 13.2 Å². The summed E-state index contributed by atoms with van der Waals surface area (Å²) in [5.74, 6) is 0.211. The highest BCUT2D eigenvalue weighted by molar-refractivity contribution is 7.98. The lowest BCUT2D eigenvalue weighted by atomic mass is 10.1. The monoisotopic (exact) mass is 448 g/mol. The average molecular weight is 449 g/mol. The van der Waals surface area contributed by atoms with Gasteiger partial charge in [-0.05, 0) is 48.0 Å². The van der Waals surface area contributed by atoms with Crippen molar-refractivity contribution in [2.24, 2.45) is 5.10 Å². The quantitative estimate of drug-likeness (QED) is 0.269. The smallest absolute Gasteiger partial charge is 0.267 e. The lowest BCUT2D eigenvalue weighted by Crippen LogP contribution is -2.18. The van der Waals surface area contributed by atoms with Crippen LogP contribution in [0.1, 0.15) is 27.0 Å². The van der Waals surface area contributed by atoms with E-state index in [1.165, 1.54) is 18.2 Å². The van der Waals surface area contributed by atoms with Gasteiger partial charge in [0.2, 0.25) is 0 Å². The third kappa shape index (κ3) is 6.11. The van der Waals surface area contributed by atoms with Gasteiger partial charge >= 0.3 is 6.18 Å². The van der Waals surface area contributed by atoms with Crippen LogP contribution < -0.4 is 5.43 Å². The fourth-order valence-corrected chi connectivity index (χ4v) is 3.52. The molecule has 3 aromatic rings. The van der Waals surface area contributed by atoms with Crippen molar-refractivity contribution in [2.75, 3.05) is 0 Å². The van der Waals surface area contributed by atoms with E-state index in [4.69, 9.17) is 11.6 Å². The molecule has 0 saturated carbocycles.